The molecule has 1 heterocycles. The topological polar surface area (TPSA) is 55.8 Å². The summed E-state index contributed by atoms with van der Waals surface area (Å²) >= 11 is 0. The maximum atomic E-state index is 10.5. The lowest BCUT2D eigenvalue weighted by Crippen LogP contribution is -2.26. The van der Waals surface area contributed by atoms with Crippen LogP contribution in [0.25, 0.3) is 0 Å². The summed E-state index contributed by atoms with van der Waals surface area (Å²) in [6.45, 7) is 0.0727. The van der Waals surface area contributed by atoms with E-state index in [2.05, 4.69) is 0 Å². The summed E-state index contributed by atoms with van der Waals surface area (Å²) in [6.07, 6.45) is 2.35. The zero-order valence-corrected chi connectivity index (χ0v) is 6.28. The minimum absolute atomic E-state index is 0.427. The van der Waals surface area contributed by atoms with Gasteiger partial charge < -0.3 is 14.6 Å². The number of aliphatic hydroxyl groups is 1. The number of hydrogen-bond donors (Lipinski definition) is 1. The summed E-state index contributed by atoms with van der Waals surface area (Å²) in [5.74, 6) is -0.614. The first-order chi connectivity index (χ1) is 5.33. The Morgan fingerprint density at radius 2 is 2.45 bits per heavy atom. The van der Waals surface area contributed by atoms with Crippen LogP contribution in [0.2, 0.25) is 0 Å². The average molecular weight is 160 g/mol. The van der Waals surface area contributed by atoms with Gasteiger partial charge in [0.1, 0.15) is 6.61 Å². The zero-order chi connectivity index (χ0) is 8.10. The van der Waals surface area contributed by atoms with Crippen LogP contribution in [-0.2, 0) is 14.3 Å². The molecule has 1 aliphatic heterocycles. The smallest absolute Gasteiger partial charge is 0.334 e. The van der Waals surface area contributed by atoms with Crippen LogP contribution >= 0.6 is 0 Å². The molecule has 11 heavy (non-hydrogen) atoms. The molecule has 64 valence electrons. The molecule has 0 aliphatic carbocycles. The van der Waals surface area contributed by atoms with Crippen molar-refractivity contribution in [2.45, 2.75) is 25.6 Å². The molecule has 0 spiro atoms. The van der Waals surface area contributed by atoms with Crippen molar-refractivity contribution in [1.82, 2.24) is 0 Å². The monoisotopic (exact) mass is 160 g/mol. The molecule has 0 amide bonds. The van der Waals surface area contributed by atoms with E-state index in [0.29, 0.717) is 6.61 Å². The molecule has 0 bridgehead atoms. The Bertz CT molecular complexity index is 128. The highest BCUT2D eigenvalue weighted by molar-refractivity contribution is 5.70. The van der Waals surface area contributed by atoms with Gasteiger partial charge in [0.2, 0.25) is 6.29 Å². The van der Waals surface area contributed by atoms with E-state index in [4.69, 9.17) is 14.6 Å². The van der Waals surface area contributed by atoms with Crippen molar-refractivity contribution in [2.24, 2.45) is 0 Å². The Morgan fingerprint density at radius 1 is 1.64 bits per heavy atom. The number of ether oxygens (including phenoxy) is 2. The fourth-order valence-electron chi connectivity index (χ4n) is 0.988. The molecule has 1 aliphatic rings. The second-order valence-electron chi connectivity index (χ2n) is 2.44. The van der Waals surface area contributed by atoms with Crippen LogP contribution in [0, 0.1) is 0 Å². The van der Waals surface area contributed by atoms with E-state index in [1.165, 1.54) is 0 Å². The summed E-state index contributed by atoms with van der Waals surface area (Å²) in [4.78, 5) is 10.5. The first-order valence-electron chi connectivity index (χ1n) is 3.75. The van der Waals surface area contributed by atoms with Crippen molar-refractivity contribution >= 4 is 5.97 Å². The fraction of sp³-hybridized carbons (Fsp3) is 0.857. The van der Waals surface area contributed by atoms with Gasteiger partial charge in [-0.2, -0.15) is 0 Å². The predicted octanol–water partition coefficient (Wildman–Crippen LogP) is 0.0485. The van der Waals surface area contributed by atoms with Gasteiger partial charge in [0.15, 0.2) is 0 Å². The van der Waals surface area contributed by atoms with Crippen LogP contribution in [0.3, 0.4) is 0 Å². The molecule has 1 rings (SSSR count). The Morgan fingerprint density at radius 3 is 3.00 bits per heavy atom. The van der Waals surface area contributed by atoms with Crippen LogP contribution in [0.1, 0.15) is 19.3 Å². The van der Waals surface area contributed by atoms with E-state index in [9.17, 15) is 4.79 Å². The number of aliphatic hydroxyl groups excluding tert-OH is 1. The fourth-order valence-corrected chi connectivity index (χ4v) is 0.988. The first kappa shape index (κ1) is 8.49. The van der Waals surface area contributed by atoms with Gasteiger partial charge in [0.25, 0.3) is 0 Å². The summed E-state index contributed by atoms with van der Waals surface area (Å²) in [5.41, 5.74) is 0. The molecule has 1 unspecified atom stereocenters. The van der Waals surface area contributed by atoms with Gasteiger partial charge in [-0.1, -0.05) is 0 Å². The Balaban J connectivity index is 2.19. The van der Waals surface area contributed by atoms with Gasteiger partial charge in [-0.15, -0.1) is 0 Å². The molecule has 4 heteroatoms. The van der Waals surface area contributed by atoms with Crippen molar-refractivity contribution in [3.63, 3.8) is 0 Å². The highest BCUT2D eigenvalue weighted by Crippen LogP contribution is 2.13. The number of hydrogen-bond acceptors (Lipinski definition) is 4. The van der Waals surface area contributed by atoms with Crippen molar-refractivity contribution in [3.05, 3.63) is 0 Å². The molecule has 1 atom stereocenters. The molecule has 4 nitrogen and oxygen atoms in total. The molecular formula is C7H12O4. The lowest BCUT2D eigenvalue weighted by molar-refractivity contribution is -0.189. The van der Waals surface area contributed by atoms with Crippen molar-refractivity contribution in [3.8, 4) is 0 Å². The van der Waals surface area contributed by atoms with E-state index in [1.54, 1.807) is 0 Å². The normalized spacial score (nSPS) is 24.6. The molecule has 0 aromatic carbocycles. The van der Waals surface area contributed by atoms with Crippen LogP contribution in [-0.4, -0.2) is 30.6 Å². The van der Waals surface area contributed by atoms with Crippen LogP contribution in [0.4, 0.5) is 0 Å². The minimum Gasteiger partial charge on any atom is -0.434 e. The number of esters is 1. The van der Waals surface area contributed by atoms with Gasteiger partial charge >= 0.3 is 5.97 Å². The zero-order valence-electron chi connectivity index (χ0n) is 6.28. The molecule has 0 aromatic rings. The molecule has 0 radical (unpaired) electrons. The number of carbonyl (C=O) groups excluding carboxylic acids is 1. The van der Waals surface area contributed by atoms with E-state index < -0.39 is 18.9 Å². The summed E-state index contributed by atoms with van der Waals surface area (Å²) < 4.78 is 9.83. The third-order valence-corrected chi connectivity index (χ3v) is 1.53. The molecule has 1 fully saturated rings. The van der Waals surface area contributed by atoms with Crippen molar-refractivity contribution in [2.75, 3.05) is 13.2 Å². The Kier molecular flexibility index (Phi) is 3.32. The van der Waals surface area contributed by atoms with Gasteiger partial charge in [-0.05, 0) is 12.8 Å². The second kappa shape index (κ2) is 4.31. The second-order valence-corrected chi connectivity index (χ2v) is 2.44. The third-order valence-electron chi connectivity index (χ3n) is 1.53. The summed E-state index contributed by atoms with van der Waals surface area (Å²) in [5, 5.41) is 8.34. The van der Waals surface area contributed by atoms with Crippen LogP contribution in [0.5, 0.6) is 0 Å². The number of carbonyl (C=O) groups is 1. The first-order valence-corrected chi connectivity index (χ1v) is 3.75. The third kappa shape index (κ3) is 2.86. The van der Waals surface area contributed by atoms with Gasteiger partial charge in [-0.3, -0.25) is 0 Å². The highest BCUT2D eigenvalue weighted by Gasteiger charge is 2.16. The summed E-state index contributed by atoms with van der Waals surface area (Å²) in [6, 6.07) is 0. The van der Waals surface area contributed by atoms with Crippen LogP contribution in [0.15, 0.2) is 0 Å². The SMILES string of the molecule is O=C(CO)OC1CCCCO1. The molecule has 0 saturated carbocycles. The average Bonchev–Trinajstić information content (AvgIpc) is 2.06. The summed E-state index contributed by atoms with van der Waals surface area (Å²) in [7, 11) is 0. The molecule has 1 N–H and O–H groups in total. The lowest BCUT2D eigenvalue weighted by Gasteiger charge is -2.21. The minimum atomic E-state index is -0.614. The van der Waals surface area contributed by atoms with Crippen LogP contribution < -0.4 is 0 Å². The maximum absolute atomic E-state index is 10.5. The van der Waals surface area contributed by atoms with E-state index in [0.717, 1.165) is 19.3 Å². The van der Waals surface area contributed by atoms with E-state index >= 15 is 0 Å². The maximum Gasteiger partial charge on any atom is 0.334 e. The quantitative estimate of drug-likeness (QED) is 0.580. The highest BCUT2D eigenvalue weighted by atomic mass is 16.7. The Labute approximate surface area is 65.1 Å². The molecular weight excluding hydrogens is 148 g/mol. The standard InChI is InChI=1S/C7H12O4/c8-5-6(9)11-7-3-1-2-4-10-7/h7-8H,1-5H2. The number of rotatable bonds is 2. The molecule has 1 saturated heterocycles. The lowest BCUT2D eigenvalue weighted by atomic mass is 10.2. The van der Waals surface area contributed by atoms with Gasteiger partial charge in [0, 0.05) is 6.42 Å². The molecule has 0 aromatic heterocycles. The predicted molar refractivity (Wildman–Crippen MR) is 36.8 cm³/mol. The van der Waals surface area contributed by atoms with Gasteiger partial charge in [0.05, 0.1) is 6.61 Å². The Hall–Kier alpha value is -0.610. The van der Waals surface area contributed by atoms with Crippen molar-refractivity contribution < 1.29 is 19.4 Å². The largest absolute Gasteiger partial charge is 0.434 e. The van der Waals surface area contributed by atoms with Gasteiger partial charge in [-0.25, -0.2) is 4.79 Å². The van der Waals surface area contributed by atoms with E-state index in [1.807, 2.05) is 0 Å². The van der Waals surface area contributed by atoms with Crippen molar-refractivity contribution in [1.29, 1.82) is 0 Å². The van der Waals surface area contributed by atoms with E-state index in [-0.39, 0.29) is 0 Å².